The fourth-order valence-corrected chi connectivity index (χ4v) is 2.91. The van der Waals surface area contributed by atoms with Gasteiger partial charge < -0.3 is 10.1 Å². The van der Waals surface area contributed by atoms with Crippen molar-refractivity contribution in [1.82, 2.24) is 10.2 Å². The molecule has 7 heteroatoms. The summed E-state index contributed by atoms with van der Waals surface area (Å²) in [4.78, 5) is 2.51. The highest BCUT2D eigenvalue weighted by Crippen LogP contribution is 2.26. The Bertz CT molecular complexity index is 524. The minimum absolute atomic E-state index is 0. The third-order valence-electron chi connectivity index (χ3n) is 4.10. The van der Waals surface area contributed by atoms with E-state index in [2.05, 4.69) is 22.4 Å². The van der Waals surface area contributed by atoms with Crippen molar-refractivity contribution in [2.45, 2.75) is 19.1 Å². The first-order chi connectivity index (χ1) is 9.28. The first kappa shape index (κ1) is 21.6. The van der Waals surface area contributed by atoms with E-state index in [1.165, 1.54) is 5.56 Å². The normalized spacial score (nSPS) is 23.8. The second-order valence-corrected chi connectivity index (χ2v) is 5.36. The summed E-state index contributed by atoms with van der Waals surface area (Å²) in [5.41, 5.74) is 2.97. The number of fused-ring (bicyclic) bond motifs is 1. The van der Waals surface area contributed by atoms with Gasteiger partial charge in [0.1, 0.15) is 0 Å². The highest BCUT2D eigenvalue weighted by Gasteiger charge is 2.31. The highest BCUT2D eigenvalue weighted by molar-refractivity contribution is 7.59. The van der Waals surface area contributed by atoms with Gasteiger partial charge in [-0.2, -0.15) is 32.3 Å². The van der Waals surface area contributed by atoms with E-state index in [4.69, 9.17) is 10.00 Å². The van der Waals surface area contributed by atoms with Crippen molar-refractivity contribution >= 4 is 39.4 Å². The summed E-state index contributed by atoms with van der Waals surface area (Å²) in [5.74, 6) is 0. The summed E-state index contributed by atoms with van der Waals surface area (Å²) < 4.78 is 6.00. The Labute approximate surface area is 152 Å². The molecule has 1 aromatic rings. The average Bonchev–Trinajstić information content (AvgIpc) is 2.46. The molecule has 0 spiro atoms. The molecule has 0 aromatic heterocycles. The summed E-state index contributed by atoms with van der Waals surface area (Å²) in [6.45, 7) is 6.92. The van der Waals surface area contributed by atoms with Gasteiger partial charge in [0.05, 0.1) is 24.3 Å². The van der Waals surface area contributed by atoms with E-state index in [0.29, 0.717) is 6.04 Å². The van der Waals surface area contributed by atoms with Crippen LogP contribution in [0.3, 0.4) is 0 Å². The Kier molecular flexibility index (Phi) is 9.47. The fraction of sp³-hybridized carbons (Fsp3) is 0.533. The predicted molar refractivity (Wildman–Crippen MR) is 101 cm³/mol. The first-order valence-corrected chi connectivity index (χ1v) is 6.85. The lowest BCUT2D eigenvalue weighted by atomic mass is 10.00. The number of benzene rings is 1. The lowest BCUT2D eigenvalue weighted by molar-refractivity contribution is -0.0717. The molecule has 2 atom stereocenters. The number of halogens is 1. The van der Waals surface area contributed by atoms with Gasteiger partial charge in [0.2, 0.25) is 0 Å². The predicted octanol–water partition coefficient (Wildman–Crippen LogP) is 1.86. The average molecular weight is 362 g/mol. The zero-order valence-corrected chi connectivity index (χ0v) is 15.4. The van der Waals surface area contributed by atoms with Gasteiger partial charge >= 0.3 is 0 Å². The zero-order valence-electron chi connectivity index (χ0n) is 12.6. The number of nitriles is 1. The highest BCUT2D eigenvalue weighted by atomic mass is 35.5. The molecule has 0 aliphatic carbocycles. The topological polar surface area (TPSA) is 48.3 Å². The molecule has 2 heterocycles. The van der Waals surface area contributed by atoms with Gasteiger partial charge in [-0.05, 0) is 24.1 Å². The van der Waals surface area contributed by atoms with E-state index >= 15 is 0 Å². The van der Waals surface area contributed by atoms with Crippen molar-refractivity contribution in [1.29, 1.82) is 5.26 Å². The molecule has 1 N–H and O–H groups in total. The lowest BCUT2D eigenvalue weighted by Gasteiger charge is -2.42. The molecule has 0 amide bonds. The molecule has 2 aliphatic heterocycles. The minimum atomic E-state index is 0. The van der Waals surface area contributed by atoms with Crippen molar-refractivity contribution in [2.24, 2.45) is 0 Å². The largest absolute Gasteiger partial charge is 0.371 e. The SMILES string of the molecule is Cc1cc([C@H]2CN3CCNC[C@H]3CO2)ccc1C#N.Cl.S.S. The van der Waals surface area contributed by atoms with Crippen LogP contribution >= 0.6 is 39.4 Å². The Morgan fingerprint density at radius 3 is 2.82 bits per heavy atom. The number of nitrogens with zero attached hydrogens (tertiary/aromatic N) is 2. The molecule has 2 saturated heterocycles. The smallest absolute Gasteiger partial charge is 0.0994 e. The number of aryl methyl sites for hydroxylation is 1. The molecule has 0 saturated carbocycles. The number of morpholine rings is 1. The van der Waals surface area contributed by atoms with Gasteiger partial charge in [-0.15, -0.1) is 12.4 Å². The Morgan fingerprint density at radius 2 is 2.14 bits per heavy atom. The van der Waals surface area contributed by atoms with Crippen molar-refractivity contribution in [3.05, 3.63) is 34.9 Å². The van der Waals surface area contributed by atoms with E-state index in [1.54, 1.807) is 0 Å². The van der Waals surface area contributed by atoms with Crippen LogP contribution in [0.4, 0.5) is 0 Å². The molecule has 22 heavy (non-hydrogen) atoms. The fourth-order valence-electron chi connectivity index (χ4n) is 2.91. The summed E-state index contributed by atoms with van der Waals surface area (Å²) in [7, 11) is 0. The van der Waals surface area contributed by atoms with Crippen LogP contribution in [0.25, 0.3) is 0 Å². The van der Waals surface area contributed by atoms with Crippen LogP contribution in [0.15, 0.2) is 18.2 Å². The van der Waals surface area contributed by atoms with Gasteiger partial charge in [0.15, 0.2) is 0 Å². The number of rotatable bonds is 1. The monoisotopic (exact) mass is 361 g/mol. The summed E-state index contributed by atoms with van der Waals surface area (Å²) >= 11 is 0. The van der Waals surface area contributed by atoms with Gasteiger partial charge in [-0.1, -0.05) is 12.1 Å². The number of hydrogen-bond donors (Lipinski definition) is 1. The molecule has 0 bridgehead atoms. The lowest BCUT2D eigenvalue weighted by Crippen LogP contribution is -2.57. The molecule has 0 unspecified atom stereocenters. The standard InChI is InChI=1S/C15H19N3O.ClH.2H2S/c1-11-6-12(2-3-13(11)7-16)15-9-18-5-4-17-8-14(18)10-19-15;;;/h2-3,6,14-15,17H,4-5,8-10H2,1H3;1H;2*1H2/t14-,15+;;;/m0.../s1. The molecular formula is C15H24ClN3OS2. The quantitative estimate of drug-likeness (QED) is 0.829. The molecule has 2 fully saturated rings. The second kappa shape index (κ2) is 9.66. The van der Waals surface area contributed by atoms with Crippen LogP contribution in [0, 0.1) is 18.3 Å². The summed E-state index contributed by atoms with van der Waals surface area (Å²) in [6, 6.07) is 8.75. The maximum absolute atomic E-state index is 8.98. The molecule has 124 valence electrons. The minimum Gasteiger partial charge on any atom is -0.371 e. The van der Waals surface area contributed by atoms with Crippen molar-refractivity contribution in [3.8, 4) is 6.07 Å². The maximum atomic E-state index is 8.98. The second-order valence-electron chi connectivity index (χ2n) is 5.36. The van der Waals surface area contributed by atoms with Gasteiger partial charge in [0, 0.05) is 32.2 Å². The molecule has 2 aliphatic rings. The maximum Gasteiger partial charge on any atom is 0.0994 e. The summed E-state index contributed by atoms with van der Waals surface area (Å²) in [6.07, 6.45) is 0.140. The van der Waals surface area contributed by atoms with Gasteiger partial charge in [0.25, 0.3) is 0 Å². The molecule has 3 rings (SSSR count). The van der Waals surface area contributed by atoms with E-state index in [9.17, 15) is 0 Å². The van der Waals surface area contributed by atoms with Crippen LogP contribution in [0.2, 0.25) is 0 Å². The number of ether oxygens (including phenoxy) is 1. The third-order valence-corrected chi connectivity index (χ3v) is 4.10. The van der Waals surface area contributed by atoms with E-state index in [1.807, 2.05) is 19.1 Å². The van der Waals surface area contributed by atoms with E-state index < -0.39 is 0 Å². The molecule has 4 nitrogen and oxygen atoms in total. The van der Waals surface area contributed by atoms with E-state index in [-0.39, 0.29) is 45.5 Å². The van der Waals surface area contributed by atoms with Crippen LogP contribution < -0.4 is 5.32 Å². The van der Waals surface area contributed by atoms with Crippen molar-refractivity contribution in [2.75, 3.05) is 32.8 Å². The molecule has 1 aromatic carbocycles. The third kappa shape index (κ3) is 4.54. The number of nitrogens with one attached hydrogen (secondary N) is 1. The van der Waals surface area contributed by atoms with Crippen molar-refractivity contribution in [3.63, 3.8) is 0 Å². The first-order valence-electron chi connectivity index (χ1n) is 6.85. The van der Waals surface area contributed by atoms with Crippen LogP contribution in [-0.2, 0) is 4.74 Å². The Hall–Kier alpha value is -0.420. The van der Waals surface area contributed by atoms with Gasteiger partial charge in [-0.3, -0.25) is 4.90 Å². The molecule has 0 radical (unpaired) electrons. The number of hydrogen-bond acceptors (Lipinski definition) is 4. The number of piperazine rings is 1. The summed E-state index contributed by atoms with van der Waals surface area (Å²) in [5, 5.41) is 12.4. The zero-order chi connectivity index (χ0) is 13.2. The Balaban J connectivity index is 0.00000147. The Morgan fingerprint density at radius 1 is 1.36 bits per heavy atom. The van der Waals surface area contributed by atoms with E-state index in [0.717, 1.165) is 43.9 Å². The van der Waals surface area contributed by atoms with Crippen LogP contribution in [0.1, 0.15) is 22.8 Å². The van der Waals surface area contributed by atoms with Gasteiger partial charge in [-0.25, -0.2) is 0 Å². The van der Waals surface area contributed by atoms with Crippen LogP contribution in [-0.4, -0.2) is 43.7 Å². The van der Waals surface area contributed by atoms with Crippen LogP contribution in [0.5, 0.6) is 0 Å². The molecular weight excluding hydrogens is 338 g/mol. The van der Waals surface area contributed by atoms with Crippen molar-refractivity contribution < 1.29 is 4.74 Å².